The van der Waals surface area contributed by atoms with E-state index < -0.39 is 0 Å². The molecule has 8 heteroatoms. The molecule has 2 heterocycles. The van der Waals surface area contributed by atoms with Gasteiger partial charge in [-0.25, -0.2) is 19.6 Å². The molecule has 0 bridgehead atoms. The Morgan fingerprint density at radius 3 is 2.89 bits per heavy atom. The number of aliphatic hydroxyl groups is 2. The van der Waals surface area contributed by atoms with Crippen LogP contribution < -0.4 is 5.43 Å². The second-order valence-corrected chi connectivity index (χ2v) is 4.84. The SMILES string of the molecule is CSc1ncnc2c1ncn2NC(CO)CCCO. The number of rotatable bonds is 7. The minimum atomic E-state index is -0.141. The molecule has 0 aliphatic rings. The van der Waals surface area contributed by atoms with Crippen molar-refractivity contribution >= 4 is 22.9 Å². The third-order valence-corrected chi connectivity index (χ3v) is 3.43. The van der Waals surface area contributed by atoms with Gasteiger partial charge in [-0.15, -0.1) is 11.8 Å². The van der Waals surface area contributed by atoms with Crippen molar-refractivity contribution in [1.29, 1.82) is 0 Å². The molecule has 19 heavy (non-hydrogen) atoms. The van der Waals surface area contributed by atoms with Gasteiger partial charge in [0.2, 0.25) is 0 Å². The number of thioether (sulfide) groups is 1. The summed E-state index contributed by atoms with van der Waals surface area (Å²) < 4.78 is 1.69. The van der Waals surface area contributed by atoms with Gasteiger partial charge in [-0.05, 0) is 19.1 Å². The van der Waals surface area contributed by atoms with Crippen LogP contribution in [0.1, 0.15) is 12.8 Å². The molecule has 1 unspecified atom stereocenters. The first-order chi connectivity index (χ1) is 9.30. The summed E-state index contributed by atoms with van der Waals surface area (Å²) in [7, 11) is 0. The Bertz CT molecular complexity index is 533. The molecule has 0 radical (unpaired) electrons. The molecule has 7 nitrogen and oxygen atoms in total. The fraction of sp³-hybridized carbons (Fsp3) is 0.545. The number of fused-ring (bicyclic) bond motifs is 1. The van der Waals surface area contributed by atoms with E-state index in [4.69, 9.17) is 5.11 Å². The van der Waals surface area contributed by atoms with Crippen LogP contribution in [0, 0.1) is 0 Å². The highest BCUT2D eigenvalue weighted by Crippen LogP contribution is 2.20. The van der Waals surface area contributed by atoms with Gasteiger partial charge in [0.1, 0.15) is 23.2 Å². The predicted octanol–water partition coefficient (Wildman–Crippen LogP) is 0.225. The van der Waals surface area contributed by atoms with Crippen molar-refractivity contribution in [3.63, 3.8) is 0 Å². The zero-order valence-corrected chi connectivity index (χ0v) is 11.5. The quantitative estimate of drug-likeness (QED) is 0.494. The lowest BCUT2D eigenvalue weighted by Gasteiger charge is -2.17. The summed E-state index contributed by atoms with van der Waals surface area (Å²) in [4.78, 5) is 12.6. The summed E-state index contributed by atoms with van der Waals surface area (Å²) in [5, 5.41) is 19.0. The van der Waals surface area contributed by atoms with Crippen LogP contribution in [0.25, 0.3) is 11.2 Å². The Balaban J connectivity index is 2.20. The summed E-state index contributed by atoms with van der Waals surface area (Å²) in [6.07, 6.45) is 6.37. The predicted molar refractivity (Wildman–Crippen MR) is 73.7 cm³/mol. The molecule has 1 atom stereocenters. The molecule has 0 fully saturated rings. The van der Waals surface area contributed by atoms with Crippen LogP contribution in [0.3, 0.4) is 0 Å². The van der Waals surface area contributed by atoms with Crippen LogP contribution in [-0.2, 0) is 0 Å². The smallest absolute Gasteiger partial charge is 0.183 e. The molecule has 0 aliphatic heterocycles. The van der Waals surface area contributed by atoms with Crippen molar-refractivity contribution in [2.75, 3.05) is 24.9 Å². The van der Waals surface area contributed by atoms with E-state index in [0.29, 0.717) is 18.5 Å². The van der Waals surface area contributed by atoms with E-state index in [2.05, 4.69) is 20.4 Å². The highest BCUT2D eigenvalue weighted by Gasteiger charge is 2.12. The molecule has 2 aromatic heterocycles. The van der Waals surface area contributed by atoms with E-state index in [1.165, 1.54) is 18.1 Å². The number of aromatic nitrogens is 4. The molecular formula is C11H17N5O2S. The summed E-state index contributed by atoms with van der Waals surface area (Å²) >= 11 is 1.51. The fourth-order valence-corrected chi connectivity index (χ4v) is 2.28. The van der Waals surface area contributed by atoms with Crippen LogP contribution in [0.2, 0.25) is 0 Å². The number of nitrogens with one attached hydrogen (secondary N) is 1. The molecule has 3 N–H and O–H groups in total. The number of aliphatic hydroxyl groups excluding tert-OH is 2. The molecule has 2 rings (SSSR count). The lowest BCUT2D eigenvalue weighted by molar-refractivity contribution is 0.239. The van der Waals surface area contributed by atoms with E-state index in [9.17, 15) is 5.11 Å². The van der Waals surface area contributed by atoms with Crippen molar-refractivity contribution in [2.24, 2.45) is 0 Å². The topological polar surface area (TPSA) is 96.1 Å². The third kappa shape index (κ3) is 3.14. The third-order valence-electron chi connectivity index (χ3n) is 2.75. The second-order valence-electron chi connectivity index (χ2n) is 4.04. The highest BCUT2D eigenvalue weighted by molar-refractivity contribution is 7.98. The first-order valence-electron chi connectivity index (χ1n) is 6.00. The lowest BCUT2D eigenvalue weighted by Crippen LogP contribution is -2.31. The maximum atomic E-state index is 9.31. The van der Waals surface area contributed by atoms with Gasteiger partial charge in [0.05, 0.1) is 12.6 Å². The van der Waals surface area contributed by atoms with Crippen molar-refractivity contribution in [1.82, 2.24) is 19.6 Å². The Morgan fingerprint density at radius 1 is 1.37 bits per heavy atom. The molecule has 0 aromatic carbocycles. The zero-order chi connectivity index (χ0) is 13.7. The van der Waals surface area contributed by atoms with Crippen LogP contribution in [0.15, 0.2) is 17.7 Å². The fourth-order valence-electron chi connectivity index (χ4n) is 1.79. The lowest BCUT2D eigenvalue weighted by atomic mass is 10.2. The molecule has 2 aromatic rings. The Hall–Kier alpha value is -1.38. The van der Waals surface area contributed by atoms with Crippen LogP contribution >= 0.6 is 11.8 Å². The van der Waals surface area contributed by atoms with Gasteiger partial charge in [0, 0.05) is 6.61 Å². The summed E-state index contributed by atoms with van der Waals surface area (Å²) in [5.74, 6) is 0. The standard InChI is InChI=1S/C11H17N5O2S/c1-19-11-9-10(12-6-13-11)16(7-14-9)15-8(5-18)3-2-4-17/h6-8,15,17-18H,2-5H2,1H3. The minimum Gasteiger partial charge on any atom is -0.396 e. The highest BCUT2D eigenvalue weighted by atomic mass is 32.2. The molecular weight excluding hydrogens is 266 g/mol. The van der Waals surface area contributed by atoms with Crippen molar-refractivity contribution in [3.05, 3.63) is 12.7 Å². The van der Waals surface area contributed by atoms with Gasteiger partial charge in [0.15, 0.2) is 5.65 Å². The number of hydrogen-bond donors (Lipinski definition) is 3. The Morgan fingerprint density at radius 2 is 2.21 bits per heavy atom. The van der Waals surface area contributed by atoms with Crippen LogP contribution in [0.4, 0.5) is 0 Å². The van der Waals surface area contributed by atoms with Gasteiger partial charge in [-0.1, -0.05) is 0 Å². The number of imidazole rings is 1. The Kier molecular flexibility index (Phi) is 4.94. The first-order valence-corrected chi connectivity index (χ1v) is 7.23. The second kappa shape index (κ2) is 6.69. The van der Waals surface area contributed by atoms with Crippen LogP contribution in [-0.4, -0.2) is 55.4 Å². The molecule has 0 saturated heterocycles. The molecule has 0 amide bonds. The van der Waals surface area contributed by atoms with Crippen molar-refractivity contribution in [3.8, 4) is 0 Å². The van der Waals surface area contributed by atoms with Crippen molar-refractivity contribution in [2.45, 2.75) is 23.9 Å². The zero-order valence-electron chi connectivity index (χ0n) is 10.7. The van der Waals surface area contributed by atoms with E-state index >= 15 is 0 Å². The molecule has 0 saturated carbocycles. The maximum absolute atomic E-state index is 9.31. The first kappa shape index (κ1) is 14.0. The molecule has 0 spiro atoms. The van der Waals surface area contributed by atoms with Crippen LogP contribution in [0.5, 0.6) is 0 Å². The normalized spacial score (nSPS) is 12.8. The van der Waals surface area contributed by atoms with Gasteiger partial charge < -0.3 is 15.6 Å². The summed E-state index contributed by atoms with van der Waals surface area (Å²) in [5.41, 5.74) is 4.55. The number of nitrogens with zero attached hydrogens (tertiary/aromatic N) is 4. The summed E-state index contributed by atoms with van der Waals surface area (Å²) in [6.45, 7) is 0.0990. The molecule has 104 valence electrons. The van der Waals surface area contributed by atoms with Crippen molar-refractivity contribution < 1.29 is 10.2 Å². The maximum Gasteiger partial charge on any atom is 0.183 e. The molecule has 0 aliphatic carbocycles. The van der Waals surface area contributed by atoms with Gasteiger partial charge >= 0.3 is 0 Å². The summed E-state index contributed by atoms with van der Waals surface area (Å²) in [6, 6.07) is -0.141. The number of hydrogen-bond acceptors (Lipinski definition) is 7. The van der Waals surface area contributed by atoms with E-state index in [-0.39, 0.29) is 19.3 Å². The monoisotopic (exact) mass is 283 g/mol. The largest absolute Gasteiger partial charge is 0.396 e. The van der Waals surface area contributed by atoms with Gasteiger partial charge in [0.25, 0.3) is 0 Å². The van der Waals surface area contributed by atoms with E-state index in [1.54, 1.807) is 11.0 Å². The minimum absolute atomic E-state index is 0.0137. The van der Waals surface area contributed by atoms with E-state index in [0.717, 1.165) is 10.5 Å². The van der Waals surface area contributed by atoms with Gasteiger partial charge in [-0.2, -0.15) is 0 Å². The van der Waals surface area contributed by atoms with Gasteiger partial charge in [-0.3, -0.25) is 0 Å². The van der Waals surface area contributed by atoms with E-state index in [1.807, 2.05) is 6.26 Å². The average Bonchev–Trinajstić information content (AvgIpc) is 2.86. The average molecular weight is 283 g/mol. The Labute approximate surface area is 115 Å².